The van der Waals surface area contributed by atoms with Crippen LogP contribution in [0.5, 0.6) is 11.5 Å². The van der Waals surface area contributed by atoms with Gasteiger partial charge in [-0.2, -0.15) is 0 Å². The van der Waals surface area contributed by atoms with E-state index in [1.807, 2.05) is 41.8 Å². The van der Waals surface area contributed by atoms with Crippen LogP contribution in [0.1, 0.15) is 116 Å². The Hall–Kier alpha value is -7.11. The third-order valence-corrected chi connectivity index (χ3v) is 14.0. The molecule has 0 amide bonds. The van der Waals surface area contributed by atoms with Crippen LogP contribution in [-0.4, -0.2) is 16.2 Å². The summed E-state index contributed by atoms with van der Waals surface area (Å²) >= 11 is 0. The maximum Gasteiger partial charge on any atom is 0.137 e. The van der Waals surface area contributed by atoms with Crippen molar-refractivity contribution in [2.45, 2.75) is 112 Å². The highest BCUT2D eigenvalue weighted by atomic mass is 16.5. The number of anilines is 3. The maximum absolute atomic E-state index is 9.11. The number of fused-ring (bicyclic) bond motifs is 4. The molecule has 0 saturated carbocycles. The van der Waals surface area contributed by atoms with Crippen LogP contribution in [0.2, 0.25) is 0 Å². The summed E-state index contributed by atoms with van der Waals surface area (Å²) in [4.78, 5) is 7.09. The van der Waals surface area contributed by atoms with E-state index in [2.05, 4.69) is 190 Å². The van der Waals surface area contributed by atoms with Crippen LogP contribution < -0.4 is 15.0 Å². The Morgan fingerprint density at radius 2 is 1.21 bits per heavy atom. The van der Waals surface area contributed by atoms with Crippen LogP contribution in [0.15, 0.2) is 158 Å². The summed E-state index contributed by atoms with van der Waals surface area (Å²) in [5, 5.41) is 5.01. The maximum atomic E-state index is 9.11. The van der Waals surface area contributed by atoms with Crippen molar-refractivity contribution in [2.75, 3.05) is 16.9 Å². The number of pyridine rings is 1. The van der Waals surface area contributed by atoms with E-state index in [1.54, 1.807) is 6.20 Å². The molecule has 1 N–H and O–H groups in total. The monoisotopic (exact) mass is 925 g/mol. The lowest BCUT2D eigenvalue weighted by Crippen LogP contribution is -2.17. The van der Waals surface area contributed by atoms with Gasteiger partial charge in [-0.1, -0.05) is 168 Å². The number of aryl methyl sites for hydroxylation is 1. The molecule has 0 bridgehead atoms. The summed E-state index contributed by atoms with van der Waals surface area (Å²) in [6.45, 7) is 29.8. The molecule has 10 rings (SSSR count). The normalized spacial score (nSPS) is 14.0. The molecular weight excluding hydrogens is 853 g/mol. The second-order valence-corrected chi connectivity index (χ2v) is 23.3. The molecule has 2 aromatic heterocycles. The van der Waals surface area contributed by atoms with Gasteiger partial charge in [0.2, 0.25) is 0 Å². The number of ether oxygens (including phenoxy) is 1. The first kappa shape index (κ1) is 41.8. The molecule has 5 nitrogen and oxygen atoms in total. The third-order valence-electron chi connectivity index (χ3n) is 14.0. The van der Waals surface area contributed by atoms with E-state index in [9.17, 15) is 0 Å². The first-order chi connectivity index (χ1) is 34.8. The highest BCUT2D eigenvalue weighted by molar-refractivity contribution is 6.09. The van der Waals surface area contributed by atoms with Crippen LogP contribution in [-0.2, 0) is 21.7 Å². The fourth-order valence-electron chi connectivity index (χ4n) is 9.72. The summed E-state index contributed by atoms with van der Waals surface area (Å²) in [7, 11) is 0. The summed E-state index contributed by atoms with van der Waals surface area (Å²) in [6, 6.07) is 44.9. The van der Waals surface area contributed by atoms with Gasteiger partial charge in [-0.25, -0.2) is 4.98 Å². The number of aromatic nitrogens is 2. The molecule has 0 aliphatic carbocycles. The number of para-hydroxylation sites is 2. The molecule has 0 unspecified atom stereocenters. The number of hydrogen-bond donors (Lipinski definition) is 1. The van der Waals surface area contributed by atoms with Gasteiger partial charge < -0.3 is 15.0 Å². The van der Waals surface area contributed by atoms with Gasteiger partial charge in [-0.15, -0.1) is 0 Å². The van der Waals surface area contributed by atoms with Crippen molar-refractivity contribution in [1.82, 2.24) is 9.55 Å². The SMILES string of the molecule is [2H]c1c([2H])c([2H])c2c(c1[2H])c1ccc(Oc3cc(N4CNc5c(-c6c(-c7ccccc7)cc(C(C)(C)C)cc6-c6cc(C(C)(C)C)cc(C(C)(C)C)c6)cccc54)ccc3C)cc1n2-c1cc(C(C)(C)C)ccn1. The lowest BCUT2D eigenvalue weighted by atomic mass is 9.76. The van der Waals surface area contributed by atoms with Crippen LogP contribution >= 0.6 is 0 Å². The molecule has 9 aromatic rings. The molecule has 70 heavy (non-hydrogen) atoms. The molecule has 0 radical (unpaired) electrons. The molecule has 0 atom stereocenters. The highest BCUT2D eigenvalue weighted by Crippen LogP contribution is 2.51. The minimum Gasteiger partial charge on any atom is -0.457 e. The summed E-state index contributed by atoms with van der Waals surface area (Å²) in [5.41, 5.74) is 16.8. The average Bonchev–Trinajstić information content (AvgIpc) is 3.95. The van der Waals surface area contributed by atoms with E-state index in [4.69, 9.17) is 15.2 Å². The topological polar surface area (TPSA) is 42.3 Å². The Morgan fingerprint density at radius 1 is 0.557 bits per heavy atom. The van der Waals surface area contributed by atoms with Crippen LogP contribution in [0.25, 0.3) is 61.0 Å². The van der Waals surface area contributed by atoms with Gasteiger partial charge >= 0.3 is 0 Å². The Labute approximate surface area is 421 Å². The Morgan fingerprint density at radius 3 is 1.90 bits per heavy atom. The van der Waals surface area contributed by atoms with E-state index in [1.165, 1.54) is 44.5 Å². The molecule has 7 aromatic carbocycles. The second-order valence-electron chi connectivity index (χ2n) is 23.3. The molecule has 5 heteroatoms. The van der Waals surface area contributed by atoms with Crippen molar-refractivity contribution in [3.8, 4) is 50.7 Å². The lowest BCUT2D eigenvalue weighted by molar-refractivity contribution is 0.479. The van der Waals surface area contributed by atoms with E-state index < -0.39 is 0 Å². The number of benzene rings is 7. The predicted molar refractivity (Wildman–Crippen MR) is 298 cm³/mol. The molecule has 0 fully saturated rings. The van der Waals surface area contributed by atoms with Crippen molar-refractivity contribution in [3.05, 3.63) is 186 Å². The second kappa shape index (κ2) is 17.1. The van der Waals surface area contributed by atoms with Gasteiger partial charge in [0.05, 0.1) is 34.6 Å². The zero-order valence-electron chi connectivity index (χ0n) is 47.2. The molecular formula is C65H68N4O. The van der Waals surface area contributed by atoms with Crippen LogP contribution in [0.4, 0.5) is 17.1 Å². The fraction of sp³-hybridized carbons (Fsp3) is 0.277. The lowest BCUT2D eigenvalue weighted by Gasteiger charge is -2.29. The zero-order valence-corrected chi connectivity index (χ0v) is 43.2. The van der Waals surface area contributed by atoms with Crippen molar-refractivity contribution < 1.29 is 10.2 Å². The molecule has 0 spiro atoms. The van der Waals surface area contributed by atoms with E-state index in [0.29, 0.717) is 45.8 Å². The van der Waals surface area contributed by atoms with Gasteiger partial charge in [0.25, 0.3) is 0 Å². The first-order valence-electron chi connectivity index (χ1n) is 26.6. The minimum absolute atomic E-state index is 0.0615. The molecule has 3 heterocycles. The quantitative estimate of drug-likeness (QED) is 0.173. The predicted octanol–water partition coefficient (Wildman–Crippen LogP) is 18.0. The van der Waals surface area contributed by atoms with E-state index in [0.717, 1.165) is 33.8 Å². The largest absolute Gasteiger partial charge is 0.457 e. The molecule has 1 aliphatic heterocycles. The van der Waals surface area contributed by atoms with Crippen molar-refractivity contribution in [3.63, 3.8) is 0 Å². The Balaban J connectivity index is 1.11. The van der Waals surface area contributed by atoms with Crippen molar-refractivity contribution in [2.24, 2.45) is 0 Å². The molecule has 0 saturated heterocycles. The minimum atomic E-state index is -0.288. The fourth-order valence-corrected chi connectivity index (χ4v) is 9.72. The zero-order chi connectivity index (χ0) is 53.0. The van der Waals surface area contributed by atoms with Gasteiger partial charge in [-0.3, -0.25) is 4.57 Å². The third kappa shape index (κ3) is 8.65. The standard InChI is InChI=1S/C65H68N4O/c1-41-26-27-48(38-58(41)70-49-28-29-51-50-22-17-18-24-55(50)69(57(51)39-49)59-37-44(30-31-66-59)62(2,3)4)68-40-67-61-52(23-19-25-56(61)68)60-53(42-20-15-14-16-21-42)35-47(65(11,12)13)36-54(60)43-32-45(63(5,6)7)34-46(33-43)64(8,9)10/h14-39,67H,40H2,1-13H3/i17D,18D,22D,24D. The number of nitrogens with zero attached hydrogens (tertiary/aromatic N) is 3. The highest BCUT2D eigenvalue weighted by Gasteiger charge is 2.30. The van der Waals surface area contributed by atoms with Crippen molar-refractivity contribution >= 4 is 38.9 Å². The smallest absolute Gasteiger partial charge is 0.137 e. The summed E-state index contributed by atoms with van der Waals surface area (Å²) in [5.74, 6) is 1.82. The van der Waals surface area contributed by atoms with Gasteiger partial charge in [0, 0.05) is 40.4 Å². The Kier molecular flexibility index (Phi) is 10.2. The first-order valence-corrected chi connectivity index (χ1v) is 24.6. The van der Waals surface area contributed by atoms with E-state index >= 15 is 0 Å². The van der Waals surface area contributed by atoms with Gasteiger partial charge in [0.1, 0.15) is 17.3 Å². The van der Waals surface area contributed by atoms with E-state index in [-0.39, 0.29) is 45.8 Å². The molecule has 1 aliphatic rings. The summed E-state index contributed by atoms with van der Waals surface area (Å²) in [6.07, 6.45) is 1.76. The Bertz CT molecular complexity index is 3660. The van der Waals surface area contributed by atoms with Crippen molar-refractivity contribution in [1.29, 1.82) is 0 Å². The average molecular weight is 925 g/mol. The molecule has 354 valence electrons. The summed E-state index contributed by atoms with van der Waals surface area (Å²) < 4.78 is 44.1. The van der Waals surface area contributed by atoms with Crippen LogP contribution in [0, 0.1) is 6.92 Å². The number of nitrogens with one attached hydrogen (secondary N) is 1. The van der Waals surface area contributed by atoms with Gasteiger partial charge in [-0.05, 0) is 139 Å². The van der Waals surface area contributed by atoms with Crippen LogP contribution in [0.3, 0.4) is 0 Å². The number of hydrogen-bond acceptors (Lipinski definition) is 4. The number of rotatable bonds is 7. The van der Waals surface area contributed by atoms with Gasteiger partial charge in [0.15, 0.2) is 0 Å².